The van der Waals surface area contributed by atoms with Crippen LogP contribution in [-0.4, -0.2) is 11.6 Å². The highest BCUT2D eigenvalue weighted by Crippen LogP contribution is 2.48. The van der Waals surface area contributed by atoms with Gasteiger partial charge in [0, 0.05) is 17.4 Å². The fourth-order valence-electron chi connectivity index (χ4n) is 3.53. The molecule has 1 atom stereocenters. The van der Waals surface area contributed by atoms with Gasteiger partial charge in [-0.25, -0.2) is 0 Å². The van der Waals surface area contributed by atoms with Crippen LogP contribution >= 0.6 is 0 Å². The molecule has 0 bridgehead atoms. The van der Waals surface area contributed by atoms with E-state index < -0.39 is 5.41 Å². The number of hydrogen-bond donors (Lipinski definition) is 0. The molecule has 2 rings (SSSR count). The molecule has 2 aliphatic rings. The van der Waals surface area contributed by atoms with Crippen molar-refractivity contribution >= 4 is 11.6 Å². The van der Waals surface area contributed by atoms with E-state index in [2.05, 4.69) is 6.08 Å². The predicted molar refractivity (Wildman–Crippen MR) is 76.8 cm³/mol. The van der Waals surface area contributed by atoms with E-state index in [-0.39, 0.29) is 17.5 Å². The Balaban J connectivity index is 2.41. The van der Waals surface area contributed by atoms with Crippen LogP contribution in [-0.2, 0) is 9.59 Å². The van der Waals surface area contributed by atoms with Gasteiger partial charge in [-0.3, -0.25) is 4.79 Å². The molecule has 0 heterocycles. The van der Waals surface area contributed by atoms with Crippen LogP contribution in [0.15, 0.2) is 22.8 Å². The normalized spacial score (nSPS) is 26.6. The molecule has 2 nitrogen and oxygen atoms in total. The number of rotatable bonds is 3. The van der Waals surface area contributed by atoms with E-state index in [1.54, 1.807) is 6.92 Å². The number of carbonyl (C=O) groups excluding carboxylic acids is 2. The Morgan fingerprint density at radius 1 is 1.37 bits per heavy atom. The molecule has 0 radical (unpaired) electrons. The number of Topliss-reactive ketones (excluding diaryl/α,β-unsaturated/α-hetero) is 2. The van der Waals surface area contributed by atoms with Crippen LogP contribution < -0.4 is 0 Å². The van der Waals surface area contributed by atoms with Crippen molar-refractivity contribution in [3.05, 3.63) is 22.8 Å². The molecule has 2 aliphatic carbocycles. The molecule has 0 aromatic rings. The summed E-state index contributed by atoms with van der Waals surface area (Å²) in [5, 5.41) is 0. The monoisotopic (exact) mass is 260 g/mol. The van der Waals surface area contributed by atoms with Crippen LogP contribution in [0.5, 0.6) is 0 Å². The van der Waals surface area contributed by atoms with Crippen molar-refractivity contribution < 1.29 is 9.59 Å². The zero-order valence-corrected chi connectivity index (χ0v) is 12.5. The highest BCUT2D eigenvalue weighted by Gasteiger charge is 2.47. The molecule has 0 aliphatic heterocycles. The lowest BCUT2D eigenvalue weighted by atomic mass is 9.75. The van der Waals surface area contributed by atoms with Crippen molar-refractivity contribution in [2.45, 2.75) is 59.8 Å². The molecule has 0 aromatic heterocycles. The molecule has 2 heteroatoms. The largest absolute Gasteiger partial charge is 0.300 e. The third-order valence-electron chi connectivity index (χ3n) is 4.70. The number of ketones is 2. The zero-order valence-electron chi connectivity index (χ0n) is 12.5. The van der Waals surface area contributed by atoms with Crippen molar-refractivity contribution in [2.24, 2.45) is 11.3 Å². The summed E-state index contributed by atoms with van der Waals surface area (Å²) >= 11 is 0. The molecule has 0 fully saturated rings. The summed E-state index contributed by atoms with van der Waals surface area (Å²) in [4.78, 5) is 24.2. The van der Waals surface area contributed by atoms with E-state index in [1.807, 2.05) is 20.8 Å². The highest BCUT2D eigenvalue weighted by atomic mass is 16.1. The first-order chi connectivity index (χ1) is 8.85. The summed E-state index contributed by atoms with van der Waals surface area (Å²) in [6.45, 7) is 7.64. The Hall–Kier alpha value is -1.18. The van der Waals surface area contributed by atoms with Gasteiger partial charge in [-0.05, 0) is 51.0 Å². The van der Waals surface area contributed by atoms with Crippen LogP contribution in [0.1, 0.15) is 59.8 Å². The van der Waals surface area contributed by atoms with Crippen LogP contribution in [0.2, 0.25) is 0 Å². The molecule has 104 valence electrons. The summed E-state index contributed by atoms with van der Waals surface area (Å²) in [7, 11) is 0. The average molecular weight is 260 g/mol. The maximum absolute atomic E-state index is 12.7. The molecular formula is C17H24O2. The molecular weight excluding hydrogens is 236 g/mol. The smallest absolute Gasteiger partial charge is 0.169 e. The first kappa shape index (κ1) is 14.2. The van der Waals surface area contributed by atoms with Gasteiger partial charge < -0.3 is 4.79 Å². The van der Waals surface area contributed by atoms with Crippen LogP contribution in [0.3, 0.4) is 0 Å². The second kappa shape index (κ2) is 5.07. The minimum atomic E-state index is -0.427. The molecule has 0 saturated heterocycles. The van der Waals surface area contributed by atoms with Gasteiger partial charge >= 0.3 is 0 Å². The van der Waals surface area contributed by atoms with Crippen molar-refractivity contribution in [3.63, 3.8) is 0 Å². The minimum Gasteiger partial charge on any atom is -0.300 e. The van der Waals surface area contributed by atoms with E-state index in [0.717, 1.165) is 24.0 Å². The Kier molecular flexibility index (Phi) is 3.80. The number of hydrogen-bond acceptors (Lipinski definition) is 2. The molecule has 1 unspecified atom stereocenters. The van der Waals surface area contributed by atoms with Gasteiger partial charge in [0.25, 0.3) is 0 Å². The summed E-state index contributed by atoms with van der Waals surface area (Å²) < 4.78 is 0. The lowest BCUT2D eigenvalue weighted by Crippen LogP contribution is -2.29. The molecule has 19 heavy (non-hydrogen) atoms. The third kappa shape index (κ3) is 2.45. The van der Waals surface area contributed by atoms with Gasteiger partial charge in [0.05, 0.1) is 0 Å². The van der Waals surface area contributed by atoms with Gasteiger partial charge in [0.15, 0.2) is 5.78 Å². The van der Waals surface area contributed by atoms with Gasteiger partial charge in [-0.1, -0.05) is 25.5 Å². The third-order valence-corrected chi connectivity index (χ3v) is 4.70. The van der Waals surface area contributed by atoms with Gasteiger partial charge in [-0.15, -0.1) is 0 Å². The predicted octanol–water partition coefficient (Wildman–Crippen LogP) is 4.01. The Labute approximate surface area is 116 Å². The number of allylic oxidation sites excluding steroid dienone is 4. The standard InChI is InChI=1S/C17H24O2/c1-11(18)10-14-12(2)15(16(19)17(14,3)4)13-8-6-5-7-9-13/h8,14H,5-7,9-10H2,1-4H3. The van der Waals surface area contributed by atoms with E-state index in [9.17, 15) is 9.59 Å². The lowest BCUT2D eigenvalue weighted by Gasteiger charge is -2.26. The summed E-state index contributed by atoms with van der Waals surface area (Å²) in [6, 6.07) is 0. The van der Waals surface area contributed by atoms with Crippen LogP contribution in [0, 0.1) is 11.3 Å². The van der Waals surface area contributed by atoms with Gasteiger partial charge in [0.2, 0.25) is 0 Å². The maximum Gasteiger partial charge on any atom is 0.169 e. The molecule has 0 aromatic carbocycles. The first-order valence-electron chi connectivity index (χ1n) is 7.30. The lowest BCUT2D eigenvalue weighted by molar-refractivity contribution is -0.124. The van der Waals surface area contributed by atoms with Gasteiger partial charge in [-0.2, -0.15) is 0 Å². The van der Waals surface area contributed by atoms with Crippen molar-refractivity contribution in [1.82, 2.24) is 0 Å². The highest BCUT2D eigenvalue weighted by molar-refractivity contribution is 6.07. The fourth-order valence-corrected chi connectivity index (χ4v) is 3.53. The van der Waals surface area contributed by atoms with Crippen molar-refractivity contribution in [3.8, 4) is 0 Å². The van der Waals surface area contributed by atoms with Crippen molar-refractivity contribution in [1.29, 1.82) is 0 Å². The molecule has 0 spiro atoms. The quantitative estimate of drug-likeness (QED) is 0.768. The second-order valence-electron chi connectivity index (χ2n) is 6.54. The fraction of sp³-hybridized carbons (Fsp3) is 0.647. The second-order valence-corrected chi connectivity index (χ2v) is 6.54. The topological polar surface area (TPSA) is 34.1 Å². The first-order valence-corrected chi connectivity index (χ1v) is 7.30. The van der Waals surface area contributed by atoms with Crippen molar-refractivity contribution in [2.75, 3.05) is 0 Å². The average Bonchev–Trinajstić information content (AvgIpc) is 2.51. The van der Waals surface area contributed by atoms with Crippen LogP contribution in [0.25, 0.3) is 0 Å². The SMILES string of the molecule is CC(=O)CC1C(C)=C(C2=CCCCC2)C(=O)C1(C)C. The minimum absolute atomic E-state index is 0.0790. The maximum atomic E-state index is 12.7. The van der Waals surface area contributed by atoms with Crippen LogP contribution in [0.4, 0.5) is 0 Å². The molecule has 0 saturated carbocycles. The number of carbonyl (C=O) groups is 2. The molecule has 0 N–H and O–H groups in total. The Morgan fingerprint density at radius 3 is 2.58 bits per heavy atom. The zero-order chi connectivity index (χ0) is 14.2. The Morgan fingerprint density at radius 2 is 2.05 bits per heavy atom. The summed E-state index contributed by atoms with van der Waals surface area (Å²) in [6.07, 6.45) is 7.21. The summed E-state index contributed by atoms with van der Waals surface area (Å²) in [5.74, 6) is 0.490. The van der Waals surface area contributed by atoms with E-state index in [4.69, 9.17) is 0 Å². The summed E-state index contributed by atoms with van der Waals surface area (Å²) in [5.41, 5.74) is 2.88. The van der Waals surface area contributed by atoms with E-state index >= 15 is 0 Å². The Bertz CT molecular complexity index is 477. The molecule has 0 amide bonds. The van der Waals surface area contributed by atoms with Gasteiger partial charge in [0.1, 0.15) is 5.78 Å². The van der Waals surface area contributed by atoms with E-state index in [1.165, 1.54) is 18.4 Å². The van der Waals surface area contributed by atoms with E-state index in [0.29, 0.717) is 6.42 Å².